The average molecular weight is 357 g/mol. The molecule has 0 aromatic heterocycles. The number of carbonyl (C=O) groups excluding carboxylic acids is 2. The number of anilines is 1. The van der Waals surface area contributed by atoms with Crippen molar-refractivity contribution >= 4 is 17.6 Å². The van der Waals surface area contributed by atoms with Crippen LogP contribution in [0.15, 0.2) is 48.5 Å². The first kappa shape index (κ1) is 19.3. The fraction of sp³-hybridized carbons (Fsp3) is 0.300. The highest BCUT2D eigenvalue weighted by molar-refractivity contribution is 6.05. The number of hydrogen-bond donors (Lipinski definition) is 1. The van der Waals surface area contributed by atoms with E-state index in [-0.39, 0.29) is 5.91 Å². The number of nitrogens with one attached hydrogen (secondary N) is 1. The fourth-order valence-electron chi connectivity index (χ4n) is 2.24. The van der Waals surface area contributed by atoms with Crippen LogP contribution in [0.2, 0.25) is 0 Å². The van der Waals surface area contributed by atoms with Crippen LogP contribution in [0.25, 0.3) is 0 Å². The molecule has 2 rings (SSSR count). The average Bonchev–Trinajstić information content (AvgIpc) is 2.64. The molecule has 0 radical (unpaired) electrons. The lowest BCUT2D eigenvalue weighted by Gasteiger charge is -2.14. The molecule has 0 saturated carbocycles. The van der Waals surface area contributed by atoms with Crippen LogP contribution in [0, 0.1) is 0 Å². The van der Waals surface area contributed by atoms with Gasteiger partial charge in [0, 0.05) is 5.56 Å². The van der Waals surface area contributed by atoms with Gasteiger partial charge in [0.15, 0.2) is 6.10 Å². The molecule has 2 aromatic rings. The molecule has 1 N–H and O–H groups in total. The van der Waals surface area contributed by atoms with Crippen LogP contribution in [0.3, 0.4) is 0 Å². The highest BCUT2D eigenvalue weighted by Crippen LogP contribution is 2.24. The Balaban J connectivity index is 2.02. The maximum atomic E-state index is 12.4. The summed E-state index contributed by atoms with van der Waals surface area (Å²) in [4.78, 5) is 24.0. The van der Waals surface area contributed by atoms with Crippen molar-refractivity contribution in [1.29, 1.82) is 0 Å². The molecule has 0 aliphatic carbocycles. The lowest BCUT2D eigenvalue weighted by Crippen LogP contribution is -2.26. The summed E-state index contributed by atoms with van der Waals surface area (Å²) >= 11 is 0. The molecule has 0 spiro atoms. The minimum atomic E-state index is -0.715. The quantitative estimate of drug-likeness (QED) is 0.730. The van der Waals surface area contributed by atoms with E-state index in [9.17, 15) is 9.59 Å². The Morgan fingerprint density at radius 3 is 2.35 bits per heavy atom. The van der Waals surface area contributed by atoms with Gasteiger partial charge in [-0.15, -0.1) is 0 Å². The van der Waals surface area contributed by atoms with Gasteiger partial charge in [-0.05, 0) is 57.2 Å². The predicted molar refractivity (Wildman–Crippen MR) is 98.7 cm³/mol. The Kier molecular flexibility index (Phi) is 7.02. The second-order valence-electron chi connectivity index (χ2n) is 5.42. The summed E-state index contributed by atoms with van der Waals surface area (Å²) in [7, 11) is 0. The molecule has 0 bridgehead atoms. The lowest BCUT2D eigenvalue weighted by atomic mass is 10.2. The lowest BCUT2D eigenvalue weighted by molar-refractivity contribution is -0.150. The number of para-hydroxylation sites is 2. The van der Waals surface area contributed by atoms with Crippen LogP contribution in [0.4, 0.5) is 5.69 Å². The molecule has 6 nitrogen and oxygen atoms in total. The van der Waals surface area contributed by atoms with E-state index >= 15 is 0 Å². The van der Waals surface area contributed by atoms with Crippen molar-refractivity contribution in [3.05, 3.63) is 54.1 Å². The highest BCUT2D eigenvalue weighted by Gasteiger charge is 2.16. The van der Waals surface area contributed by atoms with Gasteiger partial charge in [0.1, 0.15) is 11.5 Å². The number of rotatable bonds is 8. The molecule has 138 valence electrons. The third kappa shape index (κ3) is 5.24. The molecular formula is C20H23NO5. The Morgan fingerprint density at radius 1 is 1.00 bits per heavy atom. The van der Waals surface area contributed by atoms with Gasteiger partial charge < -0.3 is 19.5 Å². The minimum Gasteiger partial charge on any atom is -0.492 e. The maximum Gasteiger partial charge on any atom is 0.347 e. The number of ether oxygens (including phenoxy) is 3. The third-order valence-corrected chi connectivity index (χ3v) is 3.48. The summed E-state index contributed by atoms with van der Waals surface area (Å²) in [5.41, 5.74) is 1.07. The minimum absolute atomic E-state index is 0.262. The molecule has 6 heteroatoms. The predicted octanol–water partition coefficient (Wildman–Crippen LogP) is 3.67. The zero-order valence-corrected chi connectivity index (χ0v) is 15.2. The number of hydrogen-bond acceptors (Lipinski definition) is 5. The smallest absolute Gasteiger partial charge is 0.347 e. The summed E-state index contributed by atoms with van der Waals surface area (Å²) in [6.07, 6.45) is -0.715. The van der Waals surface area contributed by atoms with Gasteiger partial charge in [-0.3, -0.25) is 4.79 Å². The van der Waals surface area contributed by atoms with Crippen molar-refractivity contribution in [2.45, 2.75) is 26.9 Å². The van der Waals surface area contributed by atoms with E-state index in [1.165, 1.54) is 0 Å². The summed E-state index contributed by atoms with van der Waals surface area (Å²) < 4.78 is 15.9. The third-order valence-electron chi connectivity index (χ3n) is 3.48. The molecular weight excluding hydrogens is 334 g/mol. The summed E-state index contributed by atoms with van der Waals surface area (Å²) in [6.45, 7) is 6.05. The van der Waals surface area contributed by atoms with E-state index in [4.69, 9.17) is 14.2 Å². The van der Waals surface area contributed by atoms with Crippen LogP contribution in [0.5, 0.6) is 11.5 Å². The molecule has 26 heavy (non-hydrogen) atoms. The standard InChI is InChI=1S/C20H23NO5/c1-4-24-18-9-7-6-8-17(18)21-19(22)15-10-12-16(13-11-15)26-14(3)20(23)25-5-2/h6-14H,4-5H2,1-3H3,(H,21,22)/t14-/m0/s1. The van der Waals surface area contributed by atoms with Crippen molar-refractivity contribution < 1.29 is 23.8 Å². The highest BCUT2D eigenvalue weighted by atomic mass is 16.6. The molecule has 2 aromatic carbocycles. The zero-order valence-electron chi connectivity index (χ0n) is 15.2. The molecule has 0 unspecified atom stereocenters. The number of amides is 1. The van der Waals surface area contributed by atoms with E-state index in [0.29, 0.717) is 36.0 Å². The van der Waals surface area contributed by atoms with Crippen molar-refractivity contribution in [3.8, 4) is 11.5 Å². The van der Waals surface area contributed by atoms with Crippen LogP contribution < -0.4 is 14.8 Å². The molecule has 1 amide bonds. The van der Waals surface area contributed by atoms with Crippen LogP contribution in [0.1, 0.15) is 31.1 Å². The molecule has 0 heterocycles. The van der Waals surface area contributed by atoms with Crippen molar-refractivity contribution in [3.63, 3.8) is 0 Å². The van der Waals surface area contributed by atoms with Gasteiger partial charge in [-0.2, -0.15) is 0 Å². The van der Waals surface area contributed by atoms with Gasteiger partial charge in [0.25, 0.3) is 5.91 Å². The normalized spacial score (nSPS) is 11.3. The first-order chi connectivity index (χ1) is 12.5. The van der Waals surface area contributed by atoms with E-state index in [0.717, 1.165) is 0 Å². The summed E-state index contributed by atoms with van der Waals surface area (Å²) in [5.74, 6) is 0.410. The van der Waals surface area contributed by atoms with E-state index < -0.39 is 12.1 Å². The van der Waals surface area contributed by atoms with Gasteiger partial charge in [0.2, 0.25) is 0 Å². The van der Waals surface area contributed by atoms with Crippen LogP contribution >= 0.6 is 0 Å². The zero-order chi connectivity index (χ0) is 18.9. The topological polar surface area (TPSA) is 73.9 Å². The second-order valence-corrected chi connectivity index (χ2v) is 5.42. The van der Waals surface area contributed by atoms with Crippen molar-refractivity contribution in [2.75, 3.05) is 18.5 Å². The Labute approximate surface area is 153 Å². The number of benzene rings is 2. The van der Waals surface area contributed by atoms with Crippen LogP contribution in [-0.4, -0.2) is 31.2 Å². The molecule has 0 aliphatic rings. The fourth-order valence-corrected chi connectivity index (χ4v) is 2.24. The Morgan fingerprint density at radius 2 is 1.69 bits per heavy atom. The van der Waals surface area contributed by atoms with Crippen LogP contribution in [-0.2, 0) is 9.53 Å². The largest absolute Gasteiger partial charge is 0.492 e. The summed E-state index contributed by atoms with van der Waals surface area (Å²) in [6, 6.07) is 13.8. The van der Waals surface area contributed by atoms with Gasteiger partial charge in [-0.25, -0.2) is 4.79 Å². The second kappa shape index (κ2) is 9.46. The molecule has 1 atom stereocenters. The first-order valence-electron chi connectivity index (χ1n) is 8.51. The SMILES string of the molecule is CCOC(=O)[C@H](C)Oc1ccc(C(=O)Nc2ccccc2OCC)cc1. The summed E-state index contributed by atoms with van der Waals surface area (Å²) in [5, 5.41) is 2.83. The monoisotopic (exact) mass is 357 g/mol. The molecule has 0 saturated heterocycles. The van der Waals surface area contributed by atoms with Gasteiger partial charge >= 0.3 is 5.97 Å². The van der Waals surface area contributed by atoms with E-state index in [2.05, 4.69) is 5.32 Å². The van der Waals surface area contributed by atoms with Gasteiger partial charge in [0.05, 0.1) is 18.9 Å². The Bertz CT molecular complexity index is 742. The Hall–Kier alpha value is -3.02. The molecule has 0 fully saturated rings. The van der Waals surface area contributed by atoms with E-state index in [1.807, 2.05) is 19.1 Å². The number of esters is 1. The van der Waals surface area contributed by atoms with Crippen molar-refractivity contribution in [2.24, 2.45) is 0 Å². The first-order valence-corrected chi connectivity index (χ1v) is 8.51. The van der Waals surface area contributed by atoms with Gasteiger partial charge in [-0.1, -0.05) is 12.1 Å². The number of carbonyl (C=O) groups is 2. The van der Waals surface area contributed by atoms with E-state index in [1.54, 1.807) is 50.2 Å². The van der Waals surface area contributed by atoms with Crippen molar-refractivity contribution in [1.82, 2.24) is 0 Å². The maximum absolute atomic E-state index is 12.4. The molecule has 0 aliphatic heterocycles.